The first-order valence-corrected chi connectivity index (χ1v) is 7.91. The van der Waals surface area contributed by atoms with Crippen LogP contribution in [0.2, 0.25) is 0 Å². The van der Waals surface area contributed by atoms with E-state index in [1.54, 1.807) is 18.2 Å². The number of nitrogens with two attached hydrogens (primary N) is 1. The first kappa shape index (κ1) is 18.2. The molecule has 0 aliphatic rings. The van der Waals surface area contributed by atoms with Crippen LogP contribution in [-0.4, -0.2) is 20.9 Å². The number of rotatable bonds is 5. The molecule has 0 atom stereocenters. The number of hydrogen-bond donors (Lipinski definition) is 2. The topological polar surface area (TPSA) is 116 Å². The van der Waals surface area contributed by atoms with Crippen LogP contribution in [0, 0.1) is 0 Å². The molecule has 1 aromatic carbocycles. The molecule has 0 saturated heterocycles. The minimum Gasteiger partial charge on any atom is -0.383 e. The van der Waals surface area contributed by atoms with Gasteiger partial charge in [-0.1, -0.05) is 31.5 Å². The van der Waals surface area contributed by atoms with Crippen molar-refractivity contribution in [1.82, 2.24) is 9.13 Å². The van der Waals surface area contributed by atoms with Gasteiger partial charge in [-0.2, -0.15) is 4.57 Å². The van der Waals surface area contributed by atoms with Gasteiger partial charge in [0.15, 0.2) is 0 Å². The van der Waals surface area contributed by atoms with E-state index in [1.165, 1.54) is 19.1 Å². The van der Waals surface area contributed by atoms with Crippen molar-refractivity contribution in [2.75, 3.05) is 11.1 Å². The average Bonchev–Trinajstić information content (AvgIpc) is 2.59. The summed E-state index contributed by atoms with van der Waals surface area (Å²) in [6, 6.07) is 7.96. The van der Waals surface area contributed by atoms with Crippen LogP contribution in [0.5, 0.6) is 0 Å². The Hall–Kier alpha value is -3.16. The quantitative estimate of drug-likeness (QED) is 0.840. The lowest BCUT2D eigenvalue weighted by molar-refractivity contribution is -0.114. The number of hydrogen-bond acceptors (Lipinski definition) is 5. The monoisotopic (exact) mass is 344 g/mol. The highest BCUT2D eigenvalue weighted by atomic mass is 16.2. The Bertz CT molecular complexity index is 913. The fourth-order valence-electron chi connectivity index (χ4n) is 2.38. The standard InChI is InChI=1S/C17H20N4O4/c1-3-4-10-20-14(18)13(19-11(2)22)16(24)21(17(20)25)15(23)12-8-6-5-7-9-12/h5-9H,3-4,10,18H2,1-2H3,(H,19,22). The van der Waals surface area contributed by atoms with Gasteiger partial charge in [0.25, 0.3) is 11.5 Å². The number of benzene rings is 1. The number of carbonyl (C=O) groups is 2. The van der Waals surface area contributed by atoms with Crippen molar-refractivity contribution in [3.63, 3.8) is 0 Å². The molecule has 0 bridgehead atoms. The van der Waals surface area contributed by atoms with E-state index in [2.05, 4.69) is 5.32 Å². The van der Waals surface area contributed by atoms with Gasteiger partial charge in [-0.3, -0.25) is 19.0 Å². The highest BCUT2D eigenvalue weighted by molar-refractivity contribution is 5.97. The Morgan fingerprint density at radius 1 is 1.16 bits per heavy atom. The van der Waals surface area contributed by atoms with E-state index < -0.39 is 23.1 Å². The molecule has 0 radical (unpaired) electrons. The molecule has 3 N–H and O–H groups in total. The van der Waals surface area contributed by atoms with E-state index in [0.717, 1.165) is 11.0 Å². The van der Waals surface area contributed by atoms with E-state index >= 15 is 0 Å². The Balaban J connectivity index is 2.74. The molecule has 0 saturated carbocycles. The van der Waals surface area contributed by atoms with E-state index in [4.69, 9.17) is 5.73 Å². The van der Waals surface area contributed by atoms with Crippen molar-refractivity contribution in [1.29, 1.82) is 0 Å². The van der Waals surface area contributed by atoms with Crippen molar-refractivity contribution in [2.45, 2.75) is 33.2 Å². The van der Waals surface area contributed by atoms with Crippen LogP contribution in [0.4, 0.5) is 11.5 Å². The third-order valence-electron chi connectivity index (χ3n) is 3.65. The van der Waals surface area contributed by atoms with Crippen LogP contribution in [0.15, 0.2) is 39.9 Å². The molecule has 1 heterocycles. The maximum atomic E-state index is 12.7. The molecule has 2 aromatic rings. The largest absolute Gasteiger partial charge is 0.383 e. The summed E-state index contributed by atoms with van der Waals surface area (Å²) >= 11 is 0. The van der Waals surface area contributed by atoms with Crippen molar-refractivity contribution in [2.24, 2.45) is 0 Å². The Kier molecular flexibility index (Phi) is 5.53. The summed E-state index contributed by atoms with van der Waals surface area (Å²) in [5.74, 6) is -1.45. The molecule has 132 valence electrons. The molecule has 0 unspecified atom stereocenters. The lowest BCUT2D eigenvalue weighted by Crippen LogP contribution is -2.46. The Morgan fingerprint density at radius 3 is 2.36 bits per heavy atom. The van der Waals surface area contributed by atoms with Crippen LogP contribution < -0.4 is 22.3 Å². The first-order chi connectivity index (χ1) is 11.9. The van der Waals surface area contributed by atoms with Gasteiger partial charge < -0.3 is 11.1 Å². The van der Waals surface area contributed by atoms with E-state index in [1.807, 2.05) is 6.92 Å². The van der Waals surface area contributed by atoms with Gasteiger partial charge in [0.2, 0.25) is 5.91 Å². The summed E-state index contributed by atoms with van der Waals surface area (Å²) in [7, 11) is 0. The summed E-state index contributed by atoms with van der Waals surface area (Å²) in [6.07, 6.45) is 1.41. The predicted molar refractivity (Wildman–Crippen MR) is 94.8 cm³/mol. The first-order valence-electron chi connectivity index (χ1n) is 7.91. The number of nitrogens with one attached hydrogen (secondary N) is 1. The molecular weight excluding hydrogens is 324 g/mol. The summed E-state index contributed by atoms with van der Waals surface area (Å²) in [5.41, 5.74) is 4.05. The molecular formula is C17H20N4O4. The lowest BCUT2D eigenvalue weighted by atomic mass is 10.2. The maximum absolute atomic E-state index is 12.7. The van der Waals surface area contributed by atoms with Crippen LogP contribution in [-0.2, 0) is 11.3 Å². The highest BCUT2D eigenvalue weighted by Gasteiger charge is 2.22. The Morgan fingerprint density at radius 2 is 1.80 bits per heavy atom. The Labute approximate surface area is 143 Å². The summed E-state index contributed by atoms with van der Waals surface area (Å²) in [5, 5.41) is 2.32. The number of carbonyl (C=O) groups excluding carboxylic acids is 2. The van der Waals surface area contributed by atoms with Crippen LogP contribution in [0.3, 0.4) is 0 Å². The molecule has 2 rings (SSSR count). The number of nitrogen functional groups attached to an aromatic ring is 1. The fraction of sp³-hybridized carbons (Fsp3) is 0.294. The molecule has 0 aliphatic heterocycles. The van der Waals surface area contributed by atoms with Crippen molar-refractivity contribution in [3.05, 3.63) is 56.7 Å². The number of nitrogens with zero attached hydrogens (tertiary/aromatic N) is 2. The normalized spacial score (nSPS) is 10.5. The zero-order chi connectivity index (χ0) is 18.6. The third-order valence-corrected chi connectivity index (χ3v) is 3.65. The fourth-order valence-corrected chi connectivity index (χ4v) is 2.38. The van der Waals surface area contributed by atoms with Gasteiger partial charge in [0.1, 0.15) is 11.5 Å². The number of aromatic nitrogens is 2. The van der Waals surface area contributed by atoms with E-state index in [-0.39, 0.29) is 23.6 Å². The molecule has 0 aliphatic carbocycles. The third kappa shape index (κ3) is 3.68. The van der Waals surface area contributed by atoms with Gasteiger partial charge in [-0.05, 0) is 18.6 Å². The van der Waals surface area contributed by atoms with Gasteiger partial charge in [0, 0.05) is 19.0 Å². The second-order valence-electron chi connectivity index (χ2n) is 5.54. The van der Waals surface area contributed by atoms with Gasteiger partial charge >= 0.3 is 5.69 Å². The zero-order valence-electron chi connectivity index (χ0n) is 14.1. The van der Waals surface area contributed by atoms with Crippen molar-refractivity contribution in [3.8, 4) is 0 Å². The van der Waals surface area contributed by atoms with Crippen LogP contribution in [0.1, 0.15) is 37.0 Å². The van der Waals surface area contributed by atoms with Crippen LogP contribution >= 0.6 is 0 Å². The molecule has 0 fully saturated rings. The van der Waals surface area contributed by atoms with E-state index in [9.17, 15) is 19.2 Å². The maximum Gasteiger partial charge on any atom is 0.339 e. The highest BCUT2D eigenvalue weighted by Crippen LogP contribution is 2.12. The smallest absolute Gasteiger partial charge is 0.339 e. The second-order valence-corrected chi connectivity index (χ2v) is 5.54. The summed E-state index contributed by atoms with van der Waals surface area (Å²) in [6.45, 7) is 3.38. The zero-order valence-corrected chi connectivity index (χ0v) is 14.1. The van der Waals surface area contributed by atoms with Gasteiger partial charge in [0.05, 0.1) is 0 Å². The SMILES string of the molecule is CCCCn1c(N)c(NC(C)=O)c(=O)n(C(=O)c2ccccc2)c1=O. The average molecular weight is 344 g/mol. The molecule has 8 heteroatoms. The number of unbranched alkanes of at least 4 members (excludes halogenated alkanes) is 1. The van der Waals surface area contributed by atoms with E-state index in [0.29, 0.717) is 11.0 Å². The number of anilines is 2. The minimum atomic E-state index is -0.945. The lowest BCUT2D eigenvalue weighted by Gasteiger charge is -2.16. The van der Waals surface area contributed by atoms with Gasteiger partial charge in [-0.15, -0.1) is 0 Å². The van der Waals surface area contributed by atoms with Crippen LogP contribution in [0.25, 0.3) is 0 Å². The van der Waals surface area contributed by atoms with Crippen molar-refractivity contribution < 1.29 is 9.59 Å². The molecule has 25 heavy (non-hydrogen) atoms. The number of amides is 1. The predicted octanol–water partition coefficient (Wildman–Crippen LogP) is 1.04. The molecule has 1 amide bonds. The molecule has 0 spiro atoms. The summed E-state index contributed by atoms with van der Waals surface area (Å²) in [4.78, 5) is 49.4. The minimum absolute atomic E-state index is 0.157. The molecule has 1 aromatic heterocycles. The van der Waals surface area contributed by atoms with Crippen molar-refractivity contribution >= 4 is 23.3 Å². The molecule has 8 nitrogen and oxygen atoms in total. The van der Waals surface area contributed by atoms with Gasteiger partial charge in [-0.25, -0.2) is 4.79 Å². The second kappa shape index (κ2) is 7.61. The summed E-state index contributed by atoms with van der Waals surface area (Å²) < 4.78 is 1.64.